The molecule has 0 saturated carbocycles. The zero-order valence-corrected chi connectivity index (χ0v) is 12.2. The van der Waals surface area contributed by atoms with Crippen molar-refractivity contribution in [2.45, 2.75) is 44.8 Å². The minimum Gasteiger partial charge on any atom is -0.507 e. The molecule has 2 aliphatic rings. The Bertz CT molecular complexity index is 570. The van der Waals surface area contributed by atoms with Crippen molar-refractivity contribution in [1.82, 2.24) is 4.90 Å². The molecule has 0 aromatic heterocycles. The van der Waals surface area contributed by atoms with Crippen molar-refractivity contribution in [3.8, 4) is 5.75 Å². The van der Waals surface area contributed by atoms with Gasteiger partial charge in [0, 0.05) is 24.6 Å². The molecule has 2 unspecified atom stereocenters. The van der Waals surface area contributed by atoms with E-state index in [2.05, 4.69) is 12.1 Å². The Labute approximate surface area is 124 Å². The van der Waals surface area contributed by atoms with Crippen LogP contribution in [0.4, 0.5) is 0 Å². The topological polar surface area (TPSA) is 62.1 Å². The largest absolute Gasteiger partial charge is 0.507 e. The number of carbonyl (C=O) groups is 1. The lowest BCUT2D eigenvalue weighted by Crippen LogP contribution is -2.47. The second kappa shape index (κ2) is 5.76. The molecule has 2 aliphatic heterocycles. The molecule has 5 heteroatoms. The van der Waals surface area contributed by atoms with Crippen molar-refractivity contribution in [2.24, 2.45) is 5.16 Å². The van der Waals surface area contributed by atoms with Crippen molar-refractivity contribution >= 4 is 11.6 Å². The molecule has 2 atom stereocenters. The molecule has 1 aromatic carbocycles. The number of rotatable bonds is 2. The molecule has 112 valence electrons. The molecular formula is C16H20N2O3. The van der Waals surface area contributed by atoms with E-state index in [1.54, 1.807) is 18.2 Å². The standard InChI is InChI=1S/C16H20N2O3/c1-11-6-4-5-9-18(11)16(20)15-10-13(17-21-15)12-7-2-3-8-14(12)19/h2-3,7-8,11,15,19H,4-6,9-10H2,1H3. The van der Waals surface area contributed by atoms with Crippen LogP contribution in [-0.2, 0) is 9.63 Å². The molecule has 3 rings (SSSR count). The van der Waals surface area contributed by atoms with Crippen LogP contribution in [0.1, 0.15) is 38.2 Å². The van der Waals surface area contributed by atoms with E-state index in [1.165, 1.54) is 6.42 Å². The number of phenolic OH excluding ortho intramolecular Hbond substituents is 1. The van der Waals surface area contributed by atoms with Crippen molar-refractivity contribution in [3.05, 3.63) is 29.8 Å². The molecule has 0 aliphatic carbocycles. The SMILES string of the molecule is CC1CCCCN1C(=O)C1CC(c2ccccc2O)=NO1. The van der Waals surface area contributed by atoms with E-state index in [4.69, 9.17) is 4.84 Å². The van der Waals surface area contributed by atoms with E-state index in [1.807, 2.05) is 11.0 Å². The van der Waals surface area contributed by atoms with Gasteiger partial charge in [0.1, 0.15) is 5.75 Å². The van der Waals surface area contributed by atoms with Gasteiger partial charge < -0.3 is 14.8 Å². The lowest BCUT2D eigenvalue weighted by atomic mass is 10.00. The summed E-state index contributed by atoms with van der Waals surface area (Å²) in [6.45, 7) is 2.88. The molecule has 5 nitrogen and oxygen atoms in total. The second-order valence-electron chi connectivity index (χ2n) is 5.73. The van der Waals surface area contributed by atoms with Gasteiger partial charge in [0.25, 0.3) is 5.91 Å². The van der Waals surface area contributed by atoms with Gasteiger partial charge in [-0.05, 0) is 38.3 Å². The Balaban J connectivity index is 1.68. The van der Waals surface area contributed by atoms with Gasteiger partial charge in [-0.15, -0.1) is 0 Å². The van der Waals surface area contributed by atoms with E-state index < -0.39 is 6.10 Å². The zero-order valence-electron chi connectivity index (χ0n) is 12.2. The maximum atomic E-state index is 12.5. The van der Waals surface area contributed by atoms with Gasteiger partial charge in [-0.2, -0.15) is 0 Å². The number of carbonyl (C=O) groups excluding carboxylic acids is 1. The highest BCUT2D eigenvalue weighted by Crippen LogP contribution is 2.26. The number of para-hydroxylation sites is 1. The van der Waals surface area contributed by atoms with Crippen LogP contribution in [0, 0.1) is 0 Å². The summed E-state index contributed by atoms with van der Waals surface area (Å²) in [4.78, 5) is 19.8. The quantitative estimate of drug-likeness (QED) is 0.908. The summed E-state index contributed by atoms with van der Waals surface area (Å²) in [7, 11) is 0. The first-order chi connectivity index (χ1) is 10.2. The second-order valence-corrected chi connectivity index (χ2v) is 5.73. The smallest absolute Gasteiger partial charge is 0.267 e. The summed E-state index contributed by atoms with van der Waals surface area (Å²) < 4.78 is 0. The Morgan fingerprint density at radius 2 is 2.19 bits per heavy atom. The third kappa shape index (κ3) is 2.73. The summed E-state index contributed by atoms with van der Waals surface area (Å²) in [5.41, 5.74) is 1.27. The van der Waals surface area contributed by atoms with Crippen molar-refractivity contribution < 1.29 is 14.7 Å². The Hall–Kier alpha value is -2.04. The number of benzene rings is 1. The van der Waals surface area contributed by atoms with Gasteiger partial charge in [-0.25, -0.2) is 0 Å². The molecule has 1 saturated heterocycles. The number of phenols is 1. The van der Waals surface area contributed by atoms with Crippen LogP contribution < -0.4 is 0 Å². The lowest BCUT2D eigenvalue weighted by Gasteiger charge is -2.34. The van der Waals surface area contributed by atoms with E-state index in [9.17, 15) is 9.90 Å². The monoisotopic (exact) mass is 288 g/mol. The van der Waals surface area contributed by atoms with Crippen LogP contribution in [0.2, 0.25) is 0 Å². The third-order valence-corrected chi connectivity index (χ3v) is 4.25. The minimum atomic E-state index is -0.555. The maximum Gasteiger partial charge on any atom is 0.267 e. The van der Waals surface area contributed by atoms with E-state index in [-0.39, 0.29) is 17.7 Å². The van der Waals surface area contributed by atoms with Crippen LogP contribution in [0.15, 0.2) is 29.4 Å². The van der Waals surface area contributed by atoms with Crippen molar-refractivity contribution in [3.63, 3.8) is 0 Å². The molecule has 0 bridgehead atoms. The number of amides is 1. The normalized spacial score (nSPS) is 25.4. The molecule has 0 radical (unpaired) electrons. The summed E-state index contributed by atoms with van der Waals surface area (Å²) in [5, 5.41) is 13.9. The summed E-state index contributed by atoms with van der Waals surface area (Å²) in [5.74, 6) is 0.177. The molecule has 2 heterocycles. The fourth-order valence-corrected chi connectivity index (χ4v) is 3.00. The highest BCUT2D eigenvalue weighted by molar-refractivity contribution is 6.05. The van der Waals surface area contributed by atoms with Gasteiger partial charge in [-0.3, -0.25) is 4.79 Å². The number of nitrogens with zero attached hydrogens (tertiary/aromatic N) is 2. The van der Waals surface area contributed by atoms with Crippen LogP contribution in [0.5, 0.6) is 5.75 Å². The number of piperidine rings is 1. The first-order valence-electron chi connectivity index (χ1n) is 7.48. The Morgan fingerprint density at radius 3 is 2.95 bits per heavy atom. The Morgan fingerprint density at radius 1 is 1.38 bits per heavy atom. The minimum absolute atomic E-state index is 0.0105. The first-order valence-corrected chi connectivity index (χ1v) is 7.48. The van der Waals surface area contributed by atoms with Gasteiger partial charge in [0.2, 0.25) is 6.10 Å². The lowest BCUT2D eigenvalue weighted by molar-refractivity contribution is -0.145. The van der Waals surface area contributed by atoms with Crippen molar-refractivity contribution in [1.29, 1.82) is 0 Å². The molecule has 1 amide bonds. The average Bonchev–Trinajstić information content (AvgIpc) is 2.97. The fraction of sp³-hybridized carbons (Fsp3) is 0.500. The maximum absolute atomic E-state index is 12.5. The number of hydrogen-bond acceptors (Lipinski definition) is 4. The molecule has 0 spiro atoms. The number of hydrogen-bond donors (Lipinski definition) is 1. The van der Waals surface area contributed by atoms with E-state index in [0.717, 1.165) is 19.4 Å². The zero-order chi connectivity index (χ0) is 14.8. The predicted molar refractivity (Wildman–Crippen MR) is 79.2 cm³/mol. The van der Waals surface area contributed by atoms with Gasteiger partial charge >= 0.3 is 0 Å². The van der Waals surface area contributed by atoms with Crippen LogP contribution in [0.3, 0.4) is 0 Å². The van der Waals surface area contributed by atoms with Gasteiger partial charge in [-0.1, -0.05) is 17.3 Å². The Kier molecular flexibility index (Phi) is 3.82. The molecular weight excluding hydrogens is 268 g/mol. The fourth-order valence-electron chi connectivity index (χ4n) is 3.00. The predicted octanol–water partition coefficient (Wildman–Crippen LogP) is 2.29. The van der Waals surface area contributed by atoms with Crippen LogP contribution >= 0.6 is 0 Å². The van der Waals surface area contributed by atoms with E-state index >= 15 is 0 Å². The molecule has 1 aromatic rings. The number of likely N-dealkylation sites (tertiary alicyclic amines) is 1. The van der Waals surface area contributed by atoms with Gasteiger partial charge in [0.05, 0.1) is 5.71 Å². The highest BCUT2D eigenvalue weighted by atomic mass is 16.6. The summed E-state index contributed by atoms with van der Waals surface area (Å²) in [6, 6.07) is 7.25. The first kappa shape index (κ1) is 13.9. The summed E-state index contributed by atoms with van der Waals surface area (Å²) in [6.07, 6.45) is 3.14. The molecule has 21 heavy (non-hydrogen) atoms. The molecule has 1 fully saturated rings. The van der Waals surface area contributed by atoms with Crippen LogP contribution in [0.25, 0.3) is 0 Å². The average molecular weight is 288 g/mol. The van der Waals surface area contributed by atoms with Crippen LogP contribution in [-0.4, -0.2) is 40.3 Å². The van der Waals surface area contributed by atoms with E-state index in [0.29, 0.717) is 17.7 Å². The number of oxime groups is 1. The summed E-state index contributed by atoms with van der Waals surface area (Å²) >= 11 is 0. The molecule has 1 N–H and O–H groups in total. The van der Waals surface area contributed by atoms with Crippen molar-refractivity contribution in [2.75, 3.05) is 6.54 Å². The highest BCUT2D eigenvalue weighted by Gasteiger charge is 2.35. The third-order valence-electron chi connectivity index (χ3n) is 4.25. The van der Waals surface area contributed by atoms with Gasteiger partial charge in [0.15, 0.2) is 0 Å². The number of aromatic hydroxyl groups is 1.